The van der Waals surface area contributed by atoms with E-state index in [-0.39, 0.29) is 23.6 Å². The van der Waals surface area contributed by atoms with Gasteiger partial charge in [-0.2, -0.15) is 0 Å². The van der Waals surface area contributed by atoms with Gasteiger partial charge >= 0.3 is 0 Å². The van der Waals surface area contributed by atoms with Crippen LogP contribution in [0.3, 0.4) is 0 Å². The molecule has 1 aliphatic heterocycles. The molecule has 3 amide bonds. The normalized spacial score (nSPS) is 14.7. The minimum absolute atomic E-state index is 0.0922. The highest BCUT2D eigenvalue weighted by Gasteiger charge is 2.28. The van der Waals surface area contributed by atoms with Crippen LogP contribution in [0.5, 0.6) is 0 Å². The molecule has 1 saturated heterocycles. The number of anilines is 2. The summed E-state index contributed by atoms with van der Waals surface area (Å²) in [6.45, 7) is 2.39. The van der Waals surface area contributed by atoms with Gasteiger partial charge in [0, 0.05) is 31.0 Å². The molecular formula is C19H20ClN3O4. The second-order valence-electron chi connectivity index (χ2n) is 6.44. The molecule has 3 rings (SSSR count). The van der Waals surface area contributed by atoms with E-state index in [9.17, 15) is 14.4 Å². The molecule has 0 aliphatic carbocycles. The molecule has 142 valence electrons. The van der Waals surface area contributed by atoms with E-state index in [1.165, 1.54) is 19.5 Å². The van der Waals surface area contributed by atoms with Crippen molar-refractivity contribution in [2.24, 2.45) is 5.92 Å². The second kappa shape index (κ2) is 8.26. The molecule has 1 aromatic carbocycles. The fourth-order valence-corrected chi connectivity index (χ4v) is 3.24. The van der Waals surface area contributed by atoms with Crippen LogP contribution in [-0.2, 0) is 9.59 Å². The van der Waals surface area contributed by atoms with E-state index in [0.717, 1.165) is 0 Å². The lowest BCUT2D eigenvalue weighted by molar-refractivity contribution is -0.121. The van der Waals surface area contributed by atoms with E-state index in [1.807, 2.05) is 0 Å². The van der Waals surface area contributed by atoms with Crippen LogP contribution in [0.25, 0.3) is 0 Å². The zero-order valence-corrected chi connectivity index (χ0v) is 15.6. The summed E-state index contributed by atoms with van der Waals surface area (Å²) in [5.74, 6) is -0.703. The topological polar surface area (TPSA) is 91.7 Å². The Morgan fingerprint density at radius 2 is 1.85 bits per heavy atom. The van der Waals surface area contributed by atoms with Gasteiger partial charge in [-0.3, -0.25) is 14.4 Å². The summed E-state index contributed by atoms with van der Waals surface area (Å²) < 4.78 is 4.95. The number of carbonyl (C=O) groups is 3. The summed E-state index contributed by atoms with van der Waals surface area (Å²) in [6, 6.07) is 6.51. The predicted octanol–water partition coefficient (Wildman–Crippen LogP) is 3.38. The number of amides is 3. The molecule has 1 aliphatic rings. The molecule has 0 bridgehead atoms. The Labute approximate surface area is 161 Å². The first kappa shape index (κ1) is 19.0. The van der Waals surface area contributed by atoms with Gasteiger partial charge in [0.25, 0.3) is 5.91 Å². The summed E-state index contributed by atoms with van der Waals surface area (Å²) >= 11 is 6.01. The first-order valence-corrected chi connectivity index (χ1v) is 9.01. The number of nitrogens with zero attached hydrogens (tertiary/aromatic N) is 1. The van der Waals surface area contributed by atoms with Crippen LogP contribution in [-0.4, -0.2) is 35.7 Å². The monoisotopic (exact) mass is 389 g/mol. The highest BCUT2D eigenvalue weighted by molar-refractivity contribution is 6.31. The standard InChI is InChI=1S/C19H20ClN3O4/c1-12(24)21-16-3-2-15(20)10-17(16)22-18(25)13-4-7-23(8-5-13)19(26)14-6-9-27-11-14/h2-3,6,9-11,13H,4-5,7-8H2,1H3,(H,21,24)(H,22,25). The molecule has 0 saturated carbocycles. The van der Waals surface area contributed by atoms with Gasteiger partial charge in [-0.05, 0) is 37.1 Å². The Bertz CT molecular complexity index is 843. The van der Waals surface area contributed by atoms with Crippen molar-refractivity contribution in [1.29, 1.82) is 0 Å². The van der Waals surface area contributed by atoms with Crippen LogP contribution in [0.4, 0.5) is 11.4 Å². The third-order valence-electron chi connectivity index (χ3n) is 4.47. The fourth-order valence-electron chi connectivity index (χ4n) is 3.07. The first-order valence-electron chi connectivity index (χ1n) is 8.63. The van der Waals surface area contributed by atoms with E-state index in [1.54, 1.807) is 29.2 Å². The zero-order valence-electron chi connectivity index (χ0n) is 14.8. The number of furan rings is 1. The highest BCUT2D eigenvalue weighted by atomic mass is 35.5. The molecule has 7 nitrogen and oxygen atoms in total. The van der Waals surface area contributed by atoms with Crippen LogP contribution < -0.4 is 10.6 Å². The van der Waals surface area contributed by atoms with Crippen LogP contribution in [0.1, 0.15) is 30.1 Å². The lowest BCUT2D eigenvalue weighted by Crippen LogP contribution is -2.41. The van der Waals surface area contributed by atoms with Crippen molar-refractivity contribution in [3.05, 3.63) is 47.4 Å². The van der Waals surface area contributed by atoms with Crippen LogP contribution in [0.15, 0.2) is 41.2 Å². The molecule has 8 heteroatoms. The molecule has 0 spiro atoms. The minimum Gasteiger partial charge on any atom is -0.472 e. The third kappa shape index (κ3) is 4.68. The van der Waals surface area contributed by atoms with Crippen LogP contribution in [0.2, 0.25) is 5.02 Å². The Morgan fingerprint density at radius 1 is 1.11 bits per heavy atom. The molecule has 0 unspecified atom stereocenters. The van der Waals surface area contributed by atoms with E-state index in [2.05, 4.69) is 10.6 Å². The average Bonchev–Trinajstić information content (AvgIpc) is 3.18. The van der Waals surface area contributed by atoms with E-state index in [0.29, 0.717) is 47.9 Å². The quantitative estimate of drug-likeness (QED) is 0.838. The number of rotatable bonds is 4. The Kier molecular flexibility index (Phi) is 5.81. The van der Waals surface area contributed by atoms with Crippen molar-refractivity contribution in [3.8, 4) is 0 Å². The van der Waals surface area contributed by atoms with Gasteiger partial charge in [0.05, 0.1) is 23.2 Å². The van der Waals surface area contributed by atoms with Crippen molar-refractivity contribution in [3.63, 3.8) is 0 Å². The molecule has 27 heavy (non-hydrogen) atoms. The number of piperidine rings is 1. The van der Waals surface area contributed by atoms with Crippen molar-refractivity contribution in [2.75, 3.05) is 23.7 Å². The van der Waals surface area contributed by atoms with Gasteiger partial charge < -0.3 is 20.0 Å². The first-order chi connectivity index (χ1) is 12.9. The summed E-state index contributed by atoms with van der Waals surface area (Å²) in [4.78, 5) is 38.0. The maximum atomic E-state index is 12.6. The molecular weight excluding hydrogens is 370 g/mol. The third-order valence-corrected chi connectivity index (χ3v) is 4.71. The zero-order chi connectivity index (χ0) is 19.4. The van der Waals surface area contributed by atoms with E-state index >= 15 is 0 Å². The molecule has 0 atom stereocenters. The van der Waals surface area contributed by atoms with Crippen molar-refractivity contribution in [1.82, 2.24) is 4.90 Å². The number of halogens is 1. The Morgan fingerprint density at radius 3 is 2.48 bits per heavy atom. The number of nitrogens with one attached hydrogen (secondary N) is 2. The second-order valence-corrected chi connectivity index (χ2v) is 6.88. The van der Waals surface area contributed by atoms with Gasteiger partial charge in [-0.15, -0.1) is 0 Å². The molecule has 2 heterocycles. The lowest BCUT2D eigenvalue weighted by Gasteiger charge is -2.31. The van der Waals surface area contributed by atoms with Crippen molar-refractivity contribution < 1.29 is 18.8 Å². The summed E-state index contributed by atoms with van der Waals surface area (Å²) in [7, 11) is 0. The minimum atomic E-state index is -0.237. The number of carbonyl (C=O) groups excluding carboxylic acids is 3. The van der Waals surface area contributed by atoms with Gasteiger partial charge in [0.15, 0.2) is 0 Å². The lowest BCUT2D eigenvalue weighted by atomic mass is 9.95. The number of likely N-dealkylation sites (tertiary alicyclic amines) is 1. The van der Waals surface area contributed by atoms with Crippen molar-refractivity contribution in [2.45, 2.75) is 19.8 Å². The Hall–Kier alpha value is -2.80. The molecule has 0 radical (unpaired) electrons. The van der Waals surface area contributed by atoms with Crippen LogP contribution >= 0.6 is 11.6 Å². The van der Waals surface area contributed by atoms with Gasteiger partial charge in [-0.25, -0.2) is 0 Å². The summed E-state index contributed by atoms with van der Waals surface area (Å²) in [5.41, 5.74) is 1.46. The average molecular weight is 390 g/mol. The maximum absolute atomic E-state index is 12.6. The fraction of sp³-hybridized carbons (Fsp3) is 0.316. The van der Waals surface area contributed by atoms with Gasteiger partial charge in [-0.1, -0.05) is 11.6 Å². The van der Waals surface area contributed by atoms with E-state index in [4.69, 9.17) is 16.0 Å². The SMILES string of the molecule is CC(=O)Nc1ccc(Cl)cc1NC(=O)C1CCN(C(=O)c2ccoc2)CC1. The molecule has 1 fully saturated rings. The van der Waals surface area contributed by atoms with E-state index < -0.39 is 0 Å². The van der Waals surface area contributed by atoms with Crippen molar-refractivity contribution >= 4 is 40.7 Å². The smallest absolute Gasteiger partial charge is 0.257 e. The maximum Gasteiger partial charge on any atom is 0.257 e. The summed E-state index contributed by atoms with van der Waals surface area (Å²) in [5, 5.41) is 5.97. The molecule has 1 aromatic heterocycles. The summed E-state index contributed by atoms with van der Waals surface area (Å²) in [6.07, 6.45) is 4.01. The van der Waals surface area contributed by atoms with Gasteiger partial charge in [0.2, 0.25) is 11.8 Å². The number of benzene rings is 1. The van der Waals surface area contributed by atoms with Crippen LogP contribution in [0, 0.1) is 5.92 Å². The van der Waals surface area contributed by atoms with Gasteiger partial charge in [0.1, 0.15) is 6.26 Å². The molecule has 2 N–H and O–H groups in total. The number of hydrogen-bond donors (Lipinski definition) is 2. The number of hydrogen-bond acceptors (Lipinski definition) is 4. The highest BCUT2D eigenvalue weighted by Crippen LogP contribution is 2.28. The predicted molar refractivity (Wildman–Crippen MR) is 102 cm³/mol. The largest absolute Gasteiger partial charge is 0.472 e. The molecule has 2 aromatic rings. The Balaban J connectivity index is 1.61.